The van der Waals surface area contributed by atoms with Gasteiger partial charge in [-0.05, 0) is 18.2 Å². The number of ether oxygens (including phenoxy) is 2. The van der Waals surface area contributed by atoms with E-state index in [2.05, 4.69) is 20.7 Å². The Hall–Kier alpha value is -4.21. The number of hydrazone groups is 1. The van der Waals surface area contributed by atoms with E-state index in [0.29, 0.717) is 22.8 Å². The highest BCUT2D eigenvalue weighted by atomic mass is 16.6. The van der Waals surface area contributed by atoms with Gasteiger partial charge in [-0.3, -0.25) is 20.0 Å². The molecule has 0 radical (unpaired) electrons. The highest BCUT2D eigenvalue weighted by Crippen LogP contribution is 2.33. The van der Waals surface area contributed by atoms with Crippen LogP contribution in [0.15, 0.2) is 53.8 Å². The SMILES string of the molecule is COc1ccc(-c2[nH]ncc2C=NNC(=O)c2ccccc2[N+](=O)[O-])c(OC)c1. The van der Waals surface area contributed by atoms with E-state index in [9.17, 15) is 14.9 Å². The molecule has 0 unspecified atom stereocenters. The molecule has 1 heterocycles. The molecule has 0 bridgehead atoms. The number of H-pyrrole nitrogens is 1. The lowest BCUT2D eigenvalue weighted by Crippen LogP contribution is -2.18. The molecule has 0 spiro atoms. The molecule has 148 valence electrons. The molecule has 0 aliphatic heterocycles. The van der Waals surface area contributed by atoms with Gasteiger partial charge in [-0.15, -0.1) is 0 Å². The third-order valence-corrected chi connectivity index (χ3v) is 4.06. The Kier molecular flexibility index (Phi) is 5.83. The molecule has 0 aliphatic carbocycles. The Morgan fingerprint density at radius 1 is 1.24 bits per heavy atom. The highest BCUT2D eigenvalue weighted by Gasteiger charge is 2.19. The molecule has 0 saturated carbocycles. The zero-order valence-corrected chi connectivity index (χ0v) is 15.6. The number of aromatic amines is 1. The minimum absolute atomic E-state index is 0.0844. The number of hydrogen-bond acceptors (Lipinski definition) is 7. The topological polar surface area (TPSA) is 132 Å². The van der Waals surface area contributed by atoms with E-state index >= 15 is 0 Å². The van der Waals surface area contributed by atoms with Crippen LogP contribution in [-0.2, 0) is 0 Å². The zero-order valence-electron chi connectivity index (χ0n) is 15.6. The van der Waals surface area contributed by atoms with Crippen molar-refractivity contribution in [3.05, 3.63) is 69.9 Å². The van der Waals surface area contributed by atoms with Crippen LogP contribution < -0.4 is 14.9 Å². The minimum atomic E-state index is -0.694. The second kappa shape index (κ2) is 8.65. The molecule has 3 aromatic rings. The number of nitrogens with zero attached hydrogens (tertiary/aromatic N) is 3. The first-order chi connectivity index (χ1) is 14.0. The van der Waals surface area contributed by atoms with Crippen LogP contribution in [0.5, 0.6) is 11.5 Å². The average molecular weight is 395 g/mol. The zero-order chi connectivity index (χ0) is 20.8. The lowest BCUT2D eigenvalue weighted by molar-refractivity contribution is -0.385. The Labute approximate surface area is 165 Å². The van der Waals surface area contributed by atoms with Gasteiger partial charge < -0.3 is 9.47 Å². The van der Waals surface area contributed by atoms with Crippen LogP contribution in [0.2, 0.25) is 0 Å². The number of carbonyl (C=O) groups excluding carboxylic acids is 1. The molecule has 2 aromatic carbocycles. The number of methoxy groups -OCH3 is 2. The quantitative estimate of drug-likeness (QED) is 0.359. The first kappa shape index (κ1) is 19.5. The molecule has 0 saturated heterocycles. The van der Waals surface area contributed by atoms with Crippen LogP contribution in [0.3, 0.4) is 0 Å². The number of rotatable bonds is 7. The van der Waals surface area contributed by atoms with E-state index in [1.54, 1.807) is 25.3 Å². The summed E-state index contributed by atoms with van der Waals surface area (Å²) >= 11 is 0. The van der Waals surface area contributed by atoms with Crippen LogP contribution in [-0.4, -0.2) is 41.5 Å². The van der Waals surface area contributed by atoms with Crippen molar-refractivity contribution < 1.29 is 19.2 Å². The molecule has 1 aromatic heterocycles. The maximum atomic E-state index is 12.2. The number of nitro benzene ring substituents is 1. The van der Waals surface area contributed by atoms with Gasteiger partial charge >= 0.3 is 0 Å². The van der Waals surface area contributed by atoms with Crippen molar-refractivity contribution in [3.8, 4) is 22.8 Å². The number of nitro groups is 1. The standard InChI is InChI=1S/C19H17N5O5/c1-28-13-7-8-15(17(9-13)29-2)18-12(10-20-22-18)11-21-23-19(25)14-5-3-4-6-16(14)24(26)27/h3-11H,1-2H3,(H,20,22)(H,23,25). The van der Waals surface area contributed by atoms with Crippen molar-refractivity contribution in [2.24, 2.45) is 5.10 Å². The number of benzene rings is 2. The Balaban J connectivity index is 1.82. The monoisotopic (exact) mass is 395 g/mol. The van der Waals surface area contributed by atoms with Crippen molar-refractivity contribution in [1.29, 1.82) is 0 Å². The fourth-order valence-corrected chi connectivity index (χ4v) is 2.66. The molecule has 2 N–H and O–H groups in total. The van der Waals surface area contributed by atoms with Crippen molar-refractivity contribution in [2.75, 3.05) is 14.2 Å². The molecular weight excluding hydrogens is 378 g/mol. The summed E-state index contributed by atoms with van der Waals surface area (Å²) < 4.78 is 10.6. The number of nitrogens with one attached hydrogen (secondary N) is 2. The van der Waals surface area contributed by atoms with E-state index in [1.165, 1.54) is 43.8 Å². The van der Waals surface area contributed by atoms with E-state index in [0.717, 1.165) is 5.56 Å². The van der Waals surface area contributed by atoms with Gasteiger partial charge in [0.1, 0.15) is 17.1 Å². The fourth-order valence-electron chi connectivity index (χ4n) is 2.66. The van der Waals surface area contributed by atoms with Gasteiger partial charge in [0.05, 0.1) is 37.2 Å². The van der Waals surface area contributed by atoms with Crippen LogP contribution in [0.4, 0.5) is 5.69 Å². The molecule has 10 heteroatoms. The van der Waals surface area contributed by atoms with E-state index in [4.69, 9.17) is 9.47 Å². The normalized spacial score (nSPS) is 10.7. The third kappa shape index (κ3) is 4.21. The smallest absolute Gasteiger partial charge is 0.282 e. The summed E-state index contributed by atoms with van der Waals surface area (Å²) in [6.45, 7) is 0. The molecule has 10 nitrogen and oxygen atoms in total. The summed E-state index contributed by atoms with van der Waals surface area (Å²) in [6.07, 6.45) is 2.91. The van der Waals surface area contributed by atoms with Crippen LogP contribution in [0.25, 0.3) is 11.3 Å². The second-order valence-electron chi connectivity index (χ2n) is 5.74. The van der Waals surface area contributed by atoms with Gasteiger partial charge in [0.15, 0.2) is 0 Å². The molecule has 1 amide bonds. The summed E-state index contributed by atoms with van der Waals surface area (Å²) in [5.74, 6) is 0.505. The Morgan fingerprint density at radius 3 is 2.76 bits per heavy atom. The molecule has 0 fully saturated rings. The van der Waals surface area contributed by atoms with Crippen molar-refractivity contribution >= 4 is 17.8 Å². The molecular formula is C19H17N5O5. The Bertz CT molecular complexity index is 1080. The summed E-state index contributed by atoms with van der Waals surface area (Å²) in [6, 6.07) is 10.9. The number of amides is 1. The highest BCUT2D eigenvalue weighted by molar-refractivity contribution is 5.99. The van der Waals surface area contributed by atoms with E-state index < -0.39 is 10.8 Å². The number of hydrogen-bond donors (Lipinski definition) is 2. The van der Waals surface area contributed by atoms with Gasteiger partial charge in [-0.25, -0.2) is 5.43 Å². The van der Waals surface area contributed by atoms with Crippen LogP contribution >= 0.6 is 0 Å². The first-order valence-corrected chi connectivity index (χ1v) is 8.37. The predicted octanol–water partition coefficient (Wildman–Crippen LogP) is 2.77. The van der Waals surface area contributed by atoms with E-state index in [-0.39, 0.29) is 11.3 Å². The number of carbonyl (C=O) groups is 1. The summed E-state index contributed by atoms with van der Waals surface area (Å²) in [4.78, 5) is 22.7. The second-order valence-corrected chi connectivity index (χ2v) is 5.74. The van der Waals surface area contributed by atoms with Gasteiger partial charge in [0, 0.05) is 23.3 Å². The maximum absolute atomic E-state index is 12.2. The van der Waals surface area contributed by atoms with Gasteiger partial charge in [-0.1, -0.05) is 12.1 Å². The minimum Gasteiger partial charge on any atom is -0.497 e. The van der Waals surface area contributed by atoms with Crippen molar-refractivity contribution in [2.45, 2.75) is 0 Å². The van der Waals surface area contributed by atoms with Crippen LogP contribution in [0.1, 0.15) is 15.9 Å². The van der Waals surface area contributed by atoms with Gasteiger partial charge in [0.25, 0.3) is 11.6 Å². The lowest BCUT2D eigenvalue weighted by atomic mass is 10.1. The van der Waals surface area contributed by atoms with Crippen molar-refractivity contribution in [3.63, 3.8) is 0 Å². The summed E-state index contributed by atoms with van der Waals surface area (Å²) in [5.41, 5.74) is 3.83. The molecule has 29 heavy (non-hydrogen) atoms. The van der Waals surface area contributed by atoms with E-state index in [1.807, 2.05) is 0 Å². The molecule has 3 rings (SSSR count). The average Bonchev–Trinajstić information content (AvgIpc) is 3.21. The van der Waals surface area contributed by atoms with Gasteiger partial charge in [0.2, 0.25) is 0 Å². The summed E-state index contributed by atoms with van der Waals surface area (Å²) in [7, 11) is 3.10. The fraction of sp³-hybridized carbons (Fsp3) is 0.105. The molecule has 0 atom stereocenters. The number of para-hydroxylation sites is 1. The lowest BCUT2D eigenvalue weighted by Gasteiger charge is -2.09. The third-order valence-electron chi connectivity index (χ3n) is 4.06. The number of aromatic nitrogens is 2. The largest absolute Gasteiger partial charge is 0.497 e. The van der Waals surface area contributed by atoms with Crippen LogP contribution in [0, 0.1) is 10.1 Å². The maximum Gasteiger partial charge on any atom is 0.282 e. The Morgan fingerprint density at radius 2 is 2.03 bits per heavy atom. The summed E-state index contributed by atoms with van der Waals surface area (Å²) in [5, 5.41) is 21.8. The van der Waals surface area contributed by atoms with Gasteiger partial charge in [-0.2, -0.15) is 10.2 Å². The van der Waals surface area contributed by atoms with Crippen molar-refractivity contribution in [1.82, 2.24) is 15.6 Å². The first-order valence-electron chi connectivity index (χ1n) is 8.37. The molecule has 0 aliphatic rings. The predicted molar refractivity (Wildman–Crippen MR) is 105 cm³/mol.